The molecule has 2 aliphatic heterocycles. The van der Waals surface area contributed by atoms with Crippen molar-refractivity contribution in [1.29, 1.82) is 0 Å². The van der Waals surface area contributed by atoms with Crippen LogP contribution in [-0.2, 0) is 19.1 Å². The molecule has 4 heterocycles. The fourth-order valence-electron chi connectivity index (χ4n) is 9.60. The lowest BCUT2D eigenvalue weighted by Gasteiger charge is -2.28. The minimum atomic E-state index is -1.93. The maximum Gasteiger partial charge on any atom is 0.425 e. The van der Waals surface area contributed by atoms with Crippen molar-refractivity contribution in [3.63, 3.8) is 0 Å². The monoisotopic (exact) mass is 828 g/mol. The number of carbonyl (C=O) groups is 4. The standard InChI is InChI=1S/C44H50F2N6O8/c1-21(47)29-17-49(19-43(29,3)4)35-13-33-25(11-31(35)45)37(53)27(15-51(33)23-7-8-23)39(55)59-41(57)42(58)60-40(56)28-16-52(24-9-10-24)34-14-36(32(46)12-26(34)38(28)54)50-18-30(22(2)48)44(5,6)20-50/h11-16,21-24,29-30H,7-10,17-20,47-48H2,1-6H3. The zero-order valence-electron chi connectivity index (χ0n) is 34.6. The quantitative estimate of drug-likeness (QED) is 0.138. The van der Waals surface area contributed by atoms with Gasteiger partial charge in [0.2, 0.25) is 10.9 Å². The number of nitrogens with two attached hydrogens (primary N) is 2. The zero-order valence-corrected chi connectivity index (χ0v) is 34.6. The Morgan fingerprint density at radius 1 is 0.650 bits per heavy atom. The van der Waals surface area contributed by atoms with Crippen molar-refractivity contribution in [3.8, 4) is 0 Å². The Balaban J connectivity index is 1.02. The fraction of sp³-hybridized carbons (Fsp3) is 0.500. The van der Waals surface area contributed by atoms with Gasteiger partial charge in [0.05, 0.1) is 22.4 Å². The number of fused-ring (bicyclic) bond motifs is 2. The number of halogens is 2. The molecular formula is C44H50F2N6O8. The molecule has 2 saturated heterocycles. The van der Waals surface area contributed by atoms with Crippen LogP contribution in [0, 0.1) is 34.3 Å². The zero-order chi connectivity index (χ0) is 43.3. The van der Waals surface area contributed by atoms with Crippen molar-refractivity contribution in [2.75, 3.05) is 36.0 Å². The maximum atomic E-state index is 15.8. The molecule has 4 fully saturated rings. The van der Waals surface area contributed by atoms with E-state index >= 15 is 8.78 Å². The van der Waals surface area contributed by atoms with E-state index < -0.39 is 57.5 Å². The van der Waals surface area contributed by atoms with E-state index in [1.54, 1.807) is 21.3 Å². The molecule has 0 spiro atoms. The van der Waals surface area contributed by atoms with Crippen molar-refractivity contribution in [1.82, 2.24) is 9.13 Å². The van der Waals surface area contributed by atoms with Crippen molar-refractivity contribution >= 4 is 57.1 Å². The topological polar surface area (TPSA) is 189 Å². The molecule has 4 N–H and O–H groups in total. The average molecular weight is 829 g/mol. The number of hydrogen-bond donors (Lipinski definition) is 2. The Labute approximate surface area is 344 Å². The summed E-state index contributed by atoms with van der Waals surface area (Å²) in [6, 6.07) is 4.77. The molecule has 2 saturated carbocycles. The number of esters is 4. The van der Waals surface area contributed by atoms with Gasteiger partial charge in [-0.05, 0) is 86.5 Å². The van der Waals surface area contributed by atoms with Crippen LogP contribution in [0.15, 0.2) is 46.2 Å². The van der Waals surface area contributed by atoms with Gasteiger partial charge in [0.1, 0.15) is 22.8 Å². The summed E-state index contributed by atoms with van der Waals surface area (Å²) < 4.78 is 44.4. The van der Waals surface area contributed by atoms with Gasteiger partial charge in [0.25, 0.3) is 0 Å². The van der Waals surface area contributed by atoms with E-state index in [4.69, 9.17) is 20.9 Å². The largest absolute Gasteiger partial charge is 0.425 e. The van der Waals surface area contributed by atoms with Crippen molar-refractivity contribution in [2.45, 2.75) is 91.4 Å². The maximum absolute atomic E-state index is 15.8. The van der Waals surface area contributed by atoms with E-state index in [9.17, 15) is 28.8 Å². The molecule has 0 radical (unpaired) electrons. The van der Waals surface area contributed by atoms with Gasteiger partial charge in [-0.1, -0.05) is 27.7 Å². The molecule has 16 heteroatoms. The lowest BCUT2D eigenvalue weighted by Crippen LogP contribution is -2.36. The highest BCUT2D eigenvalue weighted by Gasteiger charge is 2.44. The highest BCUT2D eigenvalue weighted by molar-refractivity contribution is 6.34. The van der Waals surface area contributed by atoms with Gasteiger partial charge >= 0.3 is 23.9 Å². The first-order valence-electron chi connectivity index (χ1n) is 20.5. The molecule has 2 aliphatic carbocycles. The van der Waals surface area contributed by atoms with Crippen LogP contribution in [0.5, 0.6) is 0 Å². The first-order chi connectivity index (χ1) is 28.2. The summed E-state index contributed by atoms with van der Waals surface area (Å²) in [5, 5.41) is -0.258. The second kappa shape index (κ2) is 14.6. The van der Waals surface area contributed by atoms with Crippen LogP contribution in [0.1, 0.15) is 100 Å². The van der Waals surface area contributed by atoms with Crippen LogP contribution in [0.4, 0.5) is 20.2 Å². The highest BCUT2D eigenvalue weighted by Crippen LogP contribution is 2.44. The Hall–Kier alpha value is -5.48. The third-order valence-electron chi connectivity index (χ3n) is 13.0. The Bertz CT molecular complexity index is 2450. The SMILES string of the molecule is CC(N)C1CN(c2cc3c(cc2F)c(=O)c(C(=O)OC(=O)C(=O)OC(=O)c2cn(C4CC4)c4cc(N5CC(C(C)N)C(C)(C)C5)c(F)cc4c2=O)cn3C2CC2)CC1(C)C. The Morgan fingerprint density at radius 2 is 1.00 bits per heavy atom. The molecule has 0 amide bonds. The van der Waals surface area contributed by atoms with Gasteiger partial charge in [0, 0.05) is 73.5 Å². The second-order valence-electron chi connectivity index (χ2n) is 18.7. The second-order valence-corrected chi connectivity index (χ2v) is 18.7. The first kappa shape index (κ1) is 41.3. The predicted molar refractivity (Wildman–Crippen MR) is 220 cm³/mol. The van der Waals surface area contributed by atoms with E-state index in [-0.39, 0.29) is 69.0 Å². The van der Waals surface area contributed by atoms with E-state index in [1.807, 2.05) is 23.6 Å². The average Bonchev–Trinajstić information content (AvgIpc) is 4.11. The van der Waals surface area contributed by atoms with Crippen LogP contribution in [0.2, 0.25) is 0 Å². The van der Waals surface area contributed by atoms with E-state index in [0.717, 1.165) is 12.1 Å². The Kier molecular flexibility index (Phi) is 10.0. The highest BCUT2D eigenvalue weighted by atomic mass is 19.1. The summed E-state index contributed by atoms with van der Waals surface area (Å²) in [6.45, 7) is 14.2. The lowest BCUT2D eigenvalue weighted by atomic mass is 9.78. The molecule has 0 bridgehead atoms. The summed E-state index contributed by atoms with van der Waals surface area (Å²) in [7, 11) is 0. The van der Waals surface area contributed by atoms with Gasteiger partial charge in [-0.2, -0.15) is 0 Å². The van der Waals surface area contributed by atoms with Crippen molar-refractivity contribution in [3.05, 3.63) is 79.9 Å². The number of pyridine rings is 2. The first-order valence-corrected chi connectivity index (χ1v) is 20.5. The summed E-state index contributed by atoms with van der Waals surface area (Å²) in [5.41, 5.74) is 10.3. The predicted octanol–water partition coefficient (Wildman–Crippen LogP) is 4.95. The molecule has 4 aromatic rings. The van der Waals surface area contributed by atoms with Gasteiger partial charge in [-0.15, -0.1) is 0 Å². The molecule has 318 valence electrons. The van der Waals surface area contributed by atoms with Crippen molar-refractivity contribution < 1.29 is 37.4 Å². The minimum Gasteiger partial charge on any atom is -0.381 e. The molecular weight excluding hydrogens is 779 g/mol. The van der Waals surface area contributed by atoms with Crippen molar-refractivity contribution in [2.24, 2.45) is 34.1 Å². The van der Waals surface area contributed by atoms with Crippen LogP contribution in [-0.4, -0.2) is 71.3 Å². The van der Waals surface area contributed by atoms with Crippen LogP contribution in [0.3, 0.4) is 0 Å². The van der Waals surface area contributed by atoms with Crippen LogP contribution in [0.25, 0.3) is 21.8 Å². The third kappa shape index (κ3) is 7.27. The smallest absolute Gasteiger partial charge is 0.381 e. The van der Waals surface area contributed by atoms with Gasteiger partial charge in [-0.3, -0.25) is 9.59 Å². The van der Waals surface area contributed by atoms with E-state index in [2.05, 4.69) is 27.7 Å². The number of carbonyl (C=O) groups excluding carboxylic acids is 4. The van der Waals surface area contributed by atoms with Crippen LogP contribution >= 0.6 is 0 Å². The lowest BCUT2D eigenvalue weighted by molar-refractivity contribution is -0.160. The summed E-state index contributed by atoms with van der Waals surface area (Å²) in [6.07, 6.45) is 5.30. The summed E-state index contributed by atoms with van der Waals surface area (Å²) in [5.74, 6) is -8.08. The van der Waals surface area contributed by atoms with Crippen LogP contribution < -0.4 is 32.1 Å². The van der Waals surface area contributed by atoms with Gasteiger partial charge < -0.3 is 39.9 Å². The number of aromatic nitrogens is 2. The van der Waals surface area contributed by atoms with Gasteiger partial charge in [0.15, 0.2) is 0 Å². The van der Waals surface area contributed by atoms with E-state index in [0.29, 0.717) is 62.9 Å². The summed E-state index contributed by atoms with van der Waals surface area (Å²) >= 11 is 0. The molecule has 8 rings (SSSR count). The minimum absolute atomic E-state index is 0.0877. The van der Waals surface area contributed by atoms with Gasteiger partial charge in [-0.25, -0.2) is 28.0 Å². The molecule has 2 aromatic carbocycles. The molecule has 4 atom stereocenters. The number of anilines is 2. The number of benzene rings is 2. The third-order valence-corrected chi connectivity index (χ3v) is 13.0. The number of nitrogens with zero attached hydrogens (tertiary/aromatic N) is 4. The molecule has 2 aromatic heterocycles. The van der Waals surface area contributed by atoms with E-state index in [1.165, 1.54) is 12.4 Å². The molecule has 4 aliphatic rings. The summed E-state index contributed by atoms with van der Waals surface area (Å²) in [4.78, 5) is 83.5. The molecule has 14 nitrogen and oxygen atoms in total. The number of hydrogen-bond acceptors (Lipinski definition) is 12. The molecule has 4 unspecified atom stereocenters. The number of ether oxygens (including phenoxy) is 2. The fourth-order valence-corrected chi connectivity index (χ4v) is 9.60. The molecule has 60 heavy (non-hydrogen) atoms. The normalized spacial score (nSPS) is 22.0. The number of rotatable bonds is 8. The Morgan fingerprint density at radius 3 is 1.30 bits per heavy atom.